The number of carbonyl (C=O) groups is 1. The molecule has 2 N–H and O–H groups in total. The fourth-order valence-electron chi connectivity index (χ4n) is 2.69. The molecule has 0 spiro atoms. The van der Waals surface area contributed by atoms with Crippen LogP contribution in [0.15, 0.2) is 12.4 Å². The molecule has 0 aliphatic heterocycles. The van der Waals surface area contributed by atoms with E-state index in [1.165, 1.54) is 11.6 Å². The van der Waals surface area contributed by atoms with Crippen LogP contribution in [0.3, 0.4) is 0 Å². The van der Waals surface area contributed by atoms with Crippen molar-refractivity contribution >= 4 is 30.7 Å². The van der Waals surface area contributed by atoms with Gasteiger partial charge in [0.1, 0.15) is 32.9 Å². The zero-order valence-corrected chi connectivity index (χ0v) is 39.4. The van der Waals surface area contributed by atoms with Gasteiger partial charge in [-0.1, -0.05) is 81.2 Å². The van der Waals surface area contributed by atoms with Crippen LogP contribution in [0.4, 0.5) is 0 Å². The van der Waals surface area contributed by atoms with E-state index < -0.39 is 35.4 Å². The summed E-state index contributed by atoms with van der Waals surface area (Å²) in [7, 11) is -3.67. The molecule has 2 aromatic heterocycles. The molecular weight excluding hydrogens is 695 g/mol. The molecule has 2 rings (SSSR count). The van der Waals surface area contributed by atoms with Gasteiger partial charge in [-0.3, -0.25) is 4.79 Å². The van der Waals surface area contributed by atoms with Gasteiger partial charge in [-0.25, -0.2) is 9.36 Å². The minimum atomic E-state index is -1.53. The molecule has 0 saturated carbocycles. The Balaban J connectivity index is -0.000000338. The van der Waals surface area contributed by atoms with Crippen molar-refractivity contribution in [2.45, 2.75) is 110 Å². The van der Waals surface area contributed by atoms with Gasteiger partial charge in [0.05, 0.1) is 12.4 Å². The zero-order chi connectivity index (χ0) is 34.2. The first kappa shape index (κ1) is 51.0. The van der Waals surface area contributed by atoms with Crippen LogP contribution in [0, 0.1) is 23.8 Å². The van der Waals surface area contributed by atoms with E-state index in [0.717, 1.165) is 25.3 Å². The Bertz CT molecular complexity index is 1250. The Morgan fingerprint density at radius 2 is 1.24 bits per heavy atom. The first-order valence-corrected chi connectivity index (χ1v) is 25.1. The van der Waals surface area contributed by atoms with Crippen LogP contribution >= 0.6 is 0 Å². The van der Waals surface area contributed by atoms with E-state index in [-0.39, 0.29) is 111 Å². The maximum Gasteiger partial charge on any atom is 1.00 e. The van der Waals surface area contributed by atoms with Gasteiger partial charge in [0, 0.05) is 29.4 Å². The second kappa shape index (κ2) is 23.9. The Labute approximate surface area is 364 Å². The molecule has 0 radical (unpaired) electrons. The number of carbonyl (C=O) groups excluding carboxylic acids is 1. The standard InChI is InChI=1S/C15H29N3O2Si2.C12H21N3O2Si.CH2O3.2K.H/c1-15(19,8-10-21(2,3)4)14-12-18(17-16-14)13-20-9-11-22(5,6)7;1-6-12(2,16)11-9-15(14-13-11)10-17-7-8-18(3,4)5;2-1-4-3;;;/h12,19H,9,11,13H2,1-7H3;1,9,16H,7-8,10H2,2-5H3;1,3H;;;/q;;;2*+1;-1/p-1. The van der Waals surface area contributed by atoms with Crippen molar-refractivity contribution in [1.82, 2.24) is 30.0 Å². The summed E-state index contributed by atoms with van der Waals surface area (Å²) >= 11 is 0. The van der Waals surface area contributed by atoms with Crippen LogP contribution in [-0.2, 0) is 43.8 Å². The number of nitrogens with zero attached hydrogens (tertiary/aromatic N) is 6. The Morgan fingerprint density at radius 1 is 0.870 bits per heavy atom. The molecule has 2 heterocycles. The van der Waals surface area contributed by atoms with Crippen molar-refractivity contribution in [1.29, 1.82) is 0 Å². The summed E-state index contributed by atoms with van der Waals surface area (Å²) in [6, 6.07) is 2.23. The Kier molecular flexibility index (Phi) is 26.5. The van der Waals surface area contributed by atoms with Gasteiger partial charge in [0.2, 0.25) is 0 Å². The summed E-state index contributed by atoms with van der Waals surface area (Å²) < 4.78 is 14.3. The molecule has 0 fully saturated rings. The molecule has 2 aromatic rings. The molecule has 46 heavy (non-hydrogen) atoms. The van der Waals surface area contributed by atoms with Crippen LogP contribution in [0.1, 0.15) is 26.7 Å². The number of hydrogen-bond acceptors (Lipinski definition) is 11. The number of aromatic nitrogens is 6. The van der Waals surface area contributed by atoms with E-state index in [0.29, 0.717) is 24.8 Å². The topological polar surface area (TPSA) is 170 Å². The summed E-state index contributed by atoms with van der Waals surface area (Å²) in [4.78, 5) is 11.2. The van der Waals surface area contributed by atoms with Crippen LogP contribution < -0.4 is 108 Å². The minimum absolute atomic E-state index is 0. The van der Waals surface area contributed by atoms with Crippen molar-refractivity contribution < 1.29 is 139 Å². The zero-order valence-electron chi connectivity index (χ0n) is 31.2. The predicted octanol–water partition coefficient (Wildman–Crippen LogP) is -3.33. The molecule has 0 saturated heterocycles. The molecule has 0 aromatic carbocycles. The molecule has 2 unspecified atom stereocenters. The molecule has 0 amide bonds. The third-order valence-corrected chi connectivity index (χ3v) is 9.80. The van der Waals surface area contributed by atoms with E-state index in [1.54, 1.807) is 24.0 Å². The van der Waals surface area contributed by atoms with Crippen LogP contribution in [-0.4, -0.2) is 84.1 Å². The number of terminal acetylenes is 1. The van der Waals surface area contributed by atoms with Crippen molar-refractivity contribution in [2.24, 2.45) is 0 Å². The van der Waals surface area contributed by atoms with E-state index in [4.69, 9.17) is 25.9 Å². The van der Waals surface area contributed by atoms with Gasteiger partial charge in [-0.2, -0.15) is 0 Å². The molecule has 250 valence electrons. The second-order valence-electron chi connectivity index (χ2n) is 14.0. The fraction of sp³-hybridized carbons (Fsp3) is 0.679. The van der Waals surface area contributed by atoms with Crippen LogP contribution in [0.5, 0.6) is 0 Å². The van der Waals surface area contributed by atoms with Gasteiger partial charge >= 0.3 is 103 Å². The summed E-state index contributed by atoms with van der Waals surface area (Å²) in [5.74, 6) is 5.19. The average Bonchev–Trinajstić information content (AvgIpc) is 3.58. The van der Waals surface area contributed by atoms with E-state index >= 15 is 0 Å². The van der Waals surface area contributed by atoms with Gasteiger partial charge in [-0.05, 0) is 25.9 Å². The smallest absolute Gasteiger partial charge is 1.00 e. The predicted molar refractivity (Wildman–Crippen MR) is 176 cm³/mol. The van der Waals surface area contributed by atoms with Crippen molar-refractivity contribution in [2.75, 3.05) is 13.2 Å². The van der Waals surface area contributed by atoms with Crippen molar-refractivity contribution in [3.05, 3.63) is 23.8 Å². The van der Waals surface area contributed by atoms with Crippen molar-refractivity contribution in [3.63, 3.8) is 0 Å². The molecule has 0 bridgehead atoms. The Hall–Kier alpha value is 0.593. The number of ether oxygens (including phenoxy) is 2. The number of rotatable bonds is 13. The van der Waals surface area contributed by atoms with Crippen molar-refractivity contribution in [3.8, 4) is 23.8 Å². The van der Waals surface area contributed by atoms with E-state index in [1.807, 2.05) is 0 Å². The van der Waals surface area contributed by atoms with E-state index in [9.17, 15) is 10.2 Å². The average molecular weight is 747 g/mol. The number of aliphatic hydroxyl groups is 2. The molecule has 18 heteroatoms. The quantitative estimate of drug-likeness (QED) is 0.0525. The first-order valence-electron chi connectivity index (χ1n) is 14.2. The summed E-state index contributed by atoms with van der Waals surface area (Å²) in [6.45, 7) is 25.4. The monoisotopic (exact) mass is 746 g/mol. The van der Waals surface area contributed by atoms with Gasteiger partial charge < -0.3 is 31.3 Å². The summed E-state index contributed by atoms with van der Waals surface area (Å²) in [5, 5.41) is 44.4. The normalized spacial score (nSPS) is 13.6. The second-order valence-corrected chi connectivity index (χ2v) is 30.0. The third kappa shape index (κ3) is 25.5. The molecule has 13 nitrogen and oxygen atoms in total. The molecule has 0 aliphatic carbocycles. The van der Waals surface area contributed by atoms with Crippen LogP contribution in [0.2, 0.25) is 71.0 Å². The summed E-state index contributed by atoms with van der Waals surface area (Å²) in [5.41, 5.74) is 1.35. The molecule has 0 aliphatic rings. The SMILES string of the molecule is C#CC(C)(O)c1cn(COCC[Si](C)(C)C)nn1.CC(O)(C#C[Si](C)(C)C)c1cn(COCC[Si](C)(C)C)nn1.O=CO[O-].[H-].[K+].[K+]. The maximum absolute atomic E-state index is 10.4. The third-order valence-electron chi connectivity index (χ3n) is 5.52. The molecule has 2 atom stereocenters. The van der Waals surface area contributed by atoms with Gasteiger partial charge in [0.25, 0.3) is 6.47 Å². The van der Waals surface area contributed by atoms with Crippen LogP contribution in [0.25, 0.3) is 0 Å². The number of hydrogen-bond donors (Lipinski definition) is 2. The maximum atomic E-state index is 10.4. The van der Waals surface area contributed by atoms with Gasteiger partial charge in [-0.15, -0.1) is 22.2 Å². The molecular formula is C28H52K2N6O7Si3. The largest absolute Gasteiger partial charge is 1.00 e. The fourth-order valence-corrected chi connectivity index (χ4v) is 4.82. The Morgan fingerprint density at radius 3 is 1.54 bits per heavy atom. The van der Waals surface area contributed by atoms with Gasteiger partial charge in [0.15, 0.2) is 11.2 Å². The summed E-state index contributed by atoms with van der Waals surface area (Å²) in [6.07, 6.45) is 8.52. The van der Waals surface area contributed by atoms with E-state index in [2.05, 4.69) is 102 Å². The minimum Gasteiger partial charge on any atom is -1.00 e. The first-order chi connectivity index (χ1) is 20.0.